The number of nitrogens with two attached hydrogens (primary N) is 1. The number of carboxylic acid groups (broad SMARTS) is 1. The van der Waals surface area contributed by atoms with Gasteiger partial charge in [0, 0.05) is 11.8 Å². The molecule has 0 spiro atoms. The van der Waals surface area contributed by atoms with Gasteiger partial charge in [-0.05, 0) is 85.3 Å². The molecule has 0 radical (unpaired) electrons. The summed E-state index contributed by atoms with van der Waals surface area (Å²) < 4.78 is 5.73. The molecule has 2 aromatic rings. The third-order valence-electron chi connectivity index (χ3n) is 8.19. The predicted octanol–water partition coefficient (Wildman–Crippen LogP) is 4.96. The molecule has 0 unspecified atom stereocenters. The van der Waals surface area contributed by atoms with E-state index in [0.717, 1.165) is 36.8 Å². The Hall–Kier alpha value is -3.39. The standard InChI is InChI=1S/C33H48N2O6/c1-8-33(9-2,24-12-10-23(21(3)18-24)11-16-28(36)32(5,6)7)25-13-15-27(22(4)19-25)41-20-30(38)35-26(31(39)40)14-17-29(34)37/h10,12-13,15,18-19,26,28,36H,8-9,11,14,16-17,20H2,1-7H3,(H2,34,37)(H,35,38)(H,39,40)/t26-,28+/m1/s1. The molecule has 0 aliphatic rings. The molecule has 2 rings (SSSR count). The topological polar surface area (TPSA) is 139 Å². The lowest BCUT2D eigenvalue weighted by molar-refractivity contribution is -0.142. The quantitative estimate of drug-likeness (QED) is 0.239. The van der Waals surface area contributed by atoms with Crippen LogP contribution in [0.1, 0.15) is 94.5 Å². The maximum Gasteiger partial charge on any atom is 0.326 e. The Morgan fingerprint density at radius 1 is 0.951 bits per heavy atom. The minimum absolute atomic E-state index is 0.0838. The summed E-state index contributed by atoms with van der Waals surface area (Å²) in [4.78, 5) is 34.7. The van der Waals surface area contributed by atoms with Crippen LogP contribution < -0.4 is 15.8 Å². The molecule has 0 fully saturated rings. The molecule has 2 atom stereocenters. The zero-order valence-electron chi connectivity index (χ0n) is 25.7. The van der Waals surface area contributed by atoms with Crippen molar-refractivity contribution in [2.24, 2.45) is 11.1 Å². The van der Waals surface area contributed by atoms with Gasteiger partial charge in [0.25, 0.3) is 5.91 Å². The highest BCUT2D eigenvalue weighted by Crippen LogP contribution is 2.41. The smallest absolute Gasteiger partial charge is 0.326 e. The van der Waals surface area contributed by atoms with Crippen LogP contribution >= 0.6 is 0 Å². The van der Waals surface area contributed by atoms with Gasteiger partial charge in [0.2, 0.25) is 5.91 Å². The Balaban J connectivity index is 2.19. The summed E-state index contributed by atoms with van der Waals surface area (Å²) in [5, 5.41) is 22.2. The monoisotopic (exact) mass is 568 g/mol. The number of aliphatic hydroxyl groups excluding tert-OH is 1. The van der Waals surface area contributed by atoms with Gasteiger partial charge in [-0.3, -0.25) is 9.59 Å². The maximum absolute atomic E-state index is 12.4. The summed E-state index contributed by atoms with van der Waals surface area (Å²) in [5.41, 5.74) is 10.5. The number of carbonyl (C=O) groups is 3. The molecule has 0 saturated heterocycles. The van der Waals surface area contributed by atoms with E-state index in [4.69, 9.17) is 10.5 Å². The van der Waals surface area contributed by atoms with Crippen LogP contribution in [0.15, 0.2) is 36.4 Å². The van der Waals surface area contributed by atoms with Crippen molar-refractivity contribution in [1.29, 1.82) is 0 Å². The lowest BCUT2D eigenvalue weighted by Gasteiger charge is -2.34. The van der Waals surface area contributed by atoms with Gasteiger partial charge in [0.1, 0.15) is 11.8 Å². The van der Waals surface area contributed by atoms with Gasteiger partial charge < -0.3 is 26.0 Å². The van der Waals surface area contributed by atoms with Gasteiger partial charge in [-0.15, -0.1) is 0 Å². The molecule has 41 heavy (non-hydrogen) atoms. The van der Waals surface area contributed by atoms with E-state index < -0.39 is 23.8 Å². The van der Waals surface area contributed by atoms with Gasteiger partial charge in [0.05, 0.1) is 6.10 Å². The van der Waals surface area contributed by atoms with E-state index in [1.54, 1.807) is 0 Å². The van der Waals surface area contributed by atoms with E-state index in [9.17, 15) is 24.6 Å². The van der Waals surface area contributed by atoms with Crippen molar-refractivity contribution >= 4 is 17.8 Å². The molecular formula is C33H48N2O6. The van der Waals surface area contributed by atoms with E-state index in [1.807, 2.05) is 19.1 Å². The van der Waals surface area contributed by atoms with Crippen LogP contribution in [-0.4, -0.2) is 46.7 Å². The number of hydrogen-bond acceptors (Lipinski definition) is 5. The zero-order valence-corrected chi connectivity index (χ0v) is 25.7. The lowest BCUT2D eigenvalue weighted by Crippen LogP contribution is -2.43. The van der Waals surface area contributed by atoms with Gasteiger partial charge in [-0.2, -0.15) is 0 Å². The molecule has 0 aromatic heterocycles. The minimum Gasteiger partial charge on any atom is -0.484 e. The number of aliphatic carboxylic acids is 1. The number of hydrogen-bond donors (Lipinski definition) is 4. The number of rotatable bonds is 15. The normalized spacial score (nSPS) is 13.4. The molecule has 0 aliphatic carbocycles. The zero-order chi connectivity index (χ0) is 31.0. The first-order chi connectivity index (χ1) is 19.1. The fraction of sp³-hybridized carbons (Fsp3) is 0.545. The molecule has 0 aliphatic heterocycles. The summed E-state index contributed by atoms with van der Waals surface area (Å²) in [6, 6.07) is 11.4. The highest BCUT2D eigenvalue weighted by molar-refractivity contribution is 5.85. The van der Waals surface area contributed by atoms with Crippen molar-refractivity contribution < 1.29 is 29.3 Å². The fourth-order valence-electron chi connectivity index (χ4n) is 5.26. The Morgan fingerprint density at radius 3 is 2.02 bits per heavy atom. The van der Waals surface area contributed by atoms with Crippen molar-refractivity contribution in [2.45, 2.75) is 105 Å². The van der Waals surface area contributed by atoms with E-state index >= 15 is 0 Å². The van der Waals surface area contributed by atoms with Crippen molar-refractivity contribution in [3.05, 3.63) is 64.2 Å². The van der Waals surface area contributed by atoms with Crippen molar-refractivity contribution in [3.8, 4) is 5.75 Å². The minimum atomic E-state index is -1.23. The lowest BCUT2D eigenvalue weighted by atomic mass is 9.69. The number of nitrogens with one attached hydrogen (secondary N) is 1. The largest absolute Gasteiger partial charge is 0.484 e. The Bertz CT molecular complexity index is 1210. The molecule has 5 N–H and O–H groups in total. The number of benzene rings is 2. The number of amides is 2. The van der Waals surface area contributed by atoms with Crippen LogP contribution in [-0.2, 0) is 26.2 Å². The van der Waals surface area contributed by atoms with Gasteiger partial charge in [0.15, 0.2) is 6.61 Å². The summed E-state index contributed by atoms with van der Waals surface area (Å²) in [5.74, 6) is -1.92. The van der Waals surface area contributed by atoms with Crippen LogP contribution in [0, 0.1) is 19.3 Å². The van der Waals surface area contributed by atoms with E-state index in [-0.39, 0.29) is 36.4 Å². The van der Waals surface area contributed by atoms with E-state index in [2.05, 4.69) is 71.1 Å². The second-order valence-corrected chi connectivity index (χ2v) is 12.1. The summed E-state index contributed by atoms with van der Waals surface area (Å²) in [6.45, 7) is 14.3. The molecule has 0 heterocycles. The molecule has 2 amide bonds. The van der Waals surface area contributed by atoms with Crippen molar-refractivity contribution in [1.82, 2.24) is 5.32 Å². The molecule has 226 valence electrons. The summed E-state index contributed by atoms with van der Waals surface area (Å²) in [6.07, 6.45) is 2.76. The van der Waals surface area contributed by atoms with E-state index in [0.29, 0.717) is 5.75 Å². The van der Waals surface area contributed by atoms with Crippen LogP contribution in [0.25, 0.3) is 0 Å². The number of aryl methyl sites for hydroxylation is 3. The maximum atomic E-state index is 12.4. The predicted molar refractivity (Wildman–Crippen MR) is 161 cm³/mol. The van der Waals surface area contributed by atoms with E-state index in [1.165, 1.54) is 16.7 Å². The van der Waals surface area contributed by atoms with Crippen molar-refractivity contribution in [3.63, 3.8) is 0 Å². The first-order valence-corrected chi connectivity index (χ1v) is 14.5. The molecule has 8 heteroatoms. The Morgan fingerprint density at radius 2 is 1.54 bits per heavy atom. The van der Waals surface area contributed by atoms with Crippen LogP contribution in [0.2, 0.25) is 0 Å². The number of aliphatic hydroxyl groups is 1. The third kappa shape index (κ3) is 9.05. The van der Waals surface area contributed by atoms with Crippen molar-refractivity contribution in [2.75, 3.05) is 6.61 Å². The van der Waals surface area contributed by atoms with Crippen LogP contribution in [0.5, 0.6) is 5.75 Å². The average molecular weight is 569 g/mol. The SMILES string of the molecule is CCC(CC)(c1ccc(CC[C@H](O)C(C)(C)C)c(C)c1)c1ccc(OCC(=O)N[C@H](CCC(N)=O)C(=O)O)c(C)c1. The molecule has 0 saturated carbocycles. The second kappa shape index (κ2) is 14.5. The number of carboxylic acids is 1. The number of carbonyl (C=O) groups excluding carboxylic acids is 2. The highest BCUT2D eigenvalue weighted by Gasteiger charge is 2.32. The Labute approximate surface area is 244 Å². The Kier molecular flexibility index (Phi) is 11.9. The first kappa shape index (κ1) is 33.8. The van der Waals surface area contributed by atoms with Crippen LogP contribution in [0.3, 0.4) is 0 Å². The van der Waals surface area contributed by atoms with Gasteiger partial charge >= 0.3 is 5.97 Å². The summed E-state index contributed by atoms with van der Waals surface area (Å²) >= 11 is 0. The first-order valence-electron chi connectivity index (χ1n) is 14.5. The summed E-state index contributed by atoms with van der Waals surface area (Å²) in [7, 11) is 0. The number of ether oxygens (including phenoxy) is 1. The molecule has 0 bridgehead atoms. The third-order valence-corrected chi connectivity index (χ3v) is 8.19. The fourth-order valence-corrected chi connectivity index (χ4v) is 5.26. The van der Waals surface area contributed by atoms with Gasteiger partial charge in [-0.25, -0.2) is 4.79 Å². The molecule has 2 aromatic carbocycles. The average Bonchev–Trinajstić information content (AvgIpc) is 2.90. The molecule has 8 nitrogen and oxygen atoms in total. The van der Waals surface area contributed by atoms with Gasteiger partial charge in [-0.1, -0.05) is 65.0 Å². The second-order valence-electron chi connectivity index (χ2n) is 12.1. The number of primary amides is 1. The van der Waals surface area contributed by atoms with Crippen LogP contribution in [0.4, 0.5) is 0 Å². The highest BCUT2D eigenvalue weighted by atomic mass is 16.5. The molecular weight excluding hydrogens is 520 g/mol.